The first kappa shape index (κ1) is 37.6. The Balaban J connectivity index is 1.04. The van der Waals surface area contributed by atoms with E-state index in [0.717, 1.165) is 17.1 Å². The van der Waals surface area contributed by atoms with Crippen LogP contribution in [0.25, 0.3) is 44.2 Å². The van der Waals surface area contributed by atoms with Crippen LogP contribution in [0.2, 0.25) is 0 Å². The fourth-order valence-corrected chi connectivity index (χ4v) is 11.4. The van der Waals surface area contributed by atoms with Crippen molar-refractivity contribution in [3.8, 4) is 33.4 Å². The summed E-state index contributed by atoms with van der Waals surface area (Å²) in [5.74, 6) is 0. The molecule has 9 aromatic rings. The van der Waals surface area contributed by atoms with E-state index in [1.165, 1.54) is 94.6 Å². The number of rotatable bonds is 5. The van der Waals surface area contributed by atoms with Gasteiger partial charge in [0.1, 0.15) is 0 Å². The summed E-state index contributed by atoms with van der Waals surface area (Å²) in [7, 11) is 0. The van der Waals surface area contributed by atoms with Crippen LogP contribution in [-0.2, 0) is 16.2 Å². The Labute approximate surface area is 371 Å². The maximum atomic E-state index is 2.58. The largest absolute Gasteiger partial charge is 0.310 e. The zero-order valence-electron chi connectivity index (χ0n) is 36.9. The van der Waals surface area contributed by atoms with E-state index in [1.54, 1.807) is 0 Å². The van der Waals surface area contributed by atoms with E-state index in [2.05, 4.69) is 245 Å². The second-order valence-electron chi connectivity index (χ2n) is 19.4. The monoisotopic (exact) mass is 810 g/mol. The highest BCUT2D eigenvalue weighted by molar-refractivity contribution is 6.07. The molecule has 0 N–H and O–H groups in total. The zero-order valence-corrected chi connectivity index (χ0v) is 36.9. The van der Waals surface area contributed by atoms with Crippen molar-refractivity contribution in [3.05, 3.63) is 228 Å². The normalized spacial score (nSPS) is 15.5. The van der Waals surface area contributed by atoms with Crippen LogP contribution in [0.1, 0.15) is 74.9 Å². The van der Waals surface area contributed by atoms with Gasteiger partial charge in [0, 0.05) is 33.0 Å². The highest BCUT2D eigenvalue weighted by Crippen LogP contribution is 2.61. The highest BCUT2D eigenvalue weighted by atomic mass is 15.2. The van der Waals surface area contributed by atoms with Crippen LogP contribution < -0.4 is 9.80 Å². The third kappa shape index (κ3) is 5.37. The number of benzene rings is 9. The lowest BCUT2D eigenvalue weighted by atomic mass is 9.65. The molecule has 0 amide bonds. The molecule has 9 aromatic carbocycles. The lowest BCUT2D eigenvalue weighted by Gasteiger charge is -2.50. The zero-order chi connectivity index (χ0) is 42.8. The van der Waals surface area contributed by atoms with Crippen molar-refractivity contribution in [1.29, 1.82) is 0 Å². The van der Waals surface area contributed by atoms with Gasteiger partial charge < -0.3 is 9.80 Å². The average molecular weight is 811 g/mol. The summed E-state index contributed by atoms with van der Waals surface area (Å²) < 4.78 is 0. The molecule has 12 rings (SSSR count). The predicted molar refractivity (Wildman–Crippen MR) is 266 cm³/mol. The molecule has 2 nitrogen and oxygen atoms in total. The van der Waals surface area contributed by atoms with Crippen LogP contribution in [0.3, 0.4) is 0 Å². The molecule has 0 fully saturated rings. The molecule has 0 saturated heterocycles. The number of fused-ring (bicyclic) bond motifs is 8. The Morgan fingerprint density at radius 1 is 0.333 bits per heavy atom. The number of anilines is 6. The van der Waals surface area contributed by atoms with Crippen molar-refractivity contribution in [2.45, 2.75) is 57.8 Å². The van der Waals surface area contributed by atoms with Gasteiger partial charge in [-0.05, 0) is 139 Å². The van der Waals surface area contributed by atoms with Gasteiger partial charge in [0.05, 0.1) is 22.7 Å². The first-order valence-electron chi connectivity index (χ1n) is 22.4. The van der Waals surface area contributed by atoms with Gasteiger partial charge in [0.25, 0.3) is 0 Å². The number of para-hydroxylation sites is 3. The second-order valence-corrected chi connectivity index (χ2v) is 19.4. The SMILES string of the molecule is CC1(C)c2ccccc2-c2ccc(-c3cc4c5c(c3)C(C)(C)c3cc(-c6ccc(N(c7ccccc7)c7ccccc7)c7ccccc67)ccc3N5c3ccccc3C4(C)C)cc21. The van der Waals surface area contributed by atoms with Crippen LogP contribution in [0, 0.1) is 0 Å². The Morgan fingerprint density at radius 3 is 1.54 bits per heavy atom. The molecule has 0 atom stereocenters. The number of hydrogen-bond acceptors (Lipinski definition) is 2. The highest BCUT2D eigenvalue weighted by Gasteiger charge is 2.46. The molecule has 0 radical (unpaired) electrons. The molecule has 1 aliphatic carbocycles. The molecular formula is C61H50N2. The summed E-state index contributed by atoms with van der Waals surface area (Å²) in [6.45, 7) is 14.5. The smallest absolute Gasteiger partial charge is 0.0544 e. The third-order valence-electron chi connectivity index (χ3n) is 14.8. The van der Waals surface area contributed by atoms with Gasteiger partial charge in [-0.3, -0.25) is 0 Å². The number of nitrogens with zero attached hydrogens (tertiary/aromatic N) is 2. The Kier molecular flexibility index (Phi) is 8.01. The van der Waals surface area contributed by atoms with Crippen LogP contribution in [0.4, 0.5) is 34.1 Å². The summed E-state index contributed by atoms with van der Waals surface area (Å²) >= 11 is 0. The summed E-state index contributed by atoms with van der Waals surface area (Å²) in [6.07, 6.45) is 0. The minimum atomic E-state index is -0.302. The van der Waals surface area contributed by atoms with E-state index in [0.29, 0.717) is 0 Å². The average Bonchev–Trinajstić information content (AvgIpc) is 3.54. The van der Waals surface area contributed by atoms with Crippen molar-refractivity contribution in [3.63, 3.8) is 0 Å². The van der Waals surface area contributed by atoms with Crippen molar-refractivity contribution in [2.24, 2.45) is 0 Å². The van der Waals surface area contributed by atoms with Crippen molar-refractivity contribution >= 4 is 44.9 Å². The van der Waals surface area contributed by atoms with E-state index in [1.807, 2.05) is 0 Å². The second kappa shape index (κ2) is 13.4. The minimum absolute atomic E-state index is 0.0716. The molecular weight excluding hydrogens is 761 g/mol. The van der Waals surface area contributed by atoms with Gasteiger partial charge in [-0.15, -0.1) is 0 Å². The first-order chi connectivity index (χ1) is 30.5. The van der Waals surface area contributed by atoms with Crippen molar-refractivity contribution in [2.75, 3.05) is 9.80 Å². The standard InChI is InChI=1S/C61H50N2/c1-59(2)49-26-16-15-24-46(49)47-31-29-39(35-51(47)59)41-37-53-58-54(38-41)61(5,6)52-36-40(30-33-57(52)63(58)56-28-18-17-27-50(56)60(53,3)4)44-32-34-55(48-25-14-13-23-45(44)48)62(42-19-9-7-10-20-42)43-21-11-8-12-22-43/h7-38H,1-6H3. The summed E-state index contributed by atoms with van der Waals surface area (Å²) in [5, 5.41) is 2.45. The van der Waals surface area contributed by atoms with E-state index in [-0.39, 0.29) is 16.2 Å². The van der Waals surface area contributed by atoms with Gasteiger partial charge in [0.2, 0.25) is 0 Å². The summed E-state index contributed by atoms with van der Waals surface area (Å²) in [6, 6.07) is 72.5. The van der Waals surface area contributed by atoms with Gasteiger partial charge in [0.15, 0.2) is 0 Å². The number of hydrogen-bond donors (Lipinski definition) is 0. The molecule has 63 heavy (non-hydrogen) atoms. The third-order valence-corrected chi connectivity index (χ3v) is 14.8. The first-order valence-corrected chi connectivity index (χ1v) is 22.4. The lowest BCUT2D eigenvalue weighted by Crippen LogP contribution is -2.38. The van der Waals surface area contributed by atoms with E-state index in [9.17, 15) is 0 Å². The van der Waals surface area contributed by atoms with Gasteiger partial charge in [-0.25, -0.2) is 0 Å². The minimum Gasteiger partial charge on any atom is -0.310 e. The molecule has 0 bridgehead atoms. The summed E-state index contributed by atoms with van der Waals surface area (Å²) in [5.41, 5.74) is 22.7. The maximum Gasteiger partial charge on any atom is 0.0544 e. The molecule has 0 saturated carbocycles. The summed E-state index contributed by atoms with van der Waals surface area (Å²) in [4.78, 5) is 4.96. The fourth-order valence-electron chi connectivity index (χ4n) is 11.4. The Morgan fingerprint density at radius 2 is 0.825 bits per heavy atom. The quantitative estimate of drug-likeness (QED) is 0.171. The van der Waals surface area contributed by atoms with E-state index >= 15 is 0 Å². The molecule has 0 aromatic heterocycles. The molecule has 2 aliphatic heterocycles. The van der Waals surface area contributed by atoms with Gasteiger partial charge in [-0.1, -0.05) is 169 Å². The maximum absolute atomic E-state index is 2.58. The Bertz CT molecular complexity index is 3280. The van der Waals surface area contributed by atoms with Crippen LogP contribution >= 0.6 is 0 Å². The molecule has 2 heteroatoms. The topological polar surface area (TPSA) is 6.48 Å². The van der Waals surface area contributed by atoms with Gasteiger partial charge in [-0.2, -0.15) is 0 Å². The molecule has 0 spiro atoms. The van der Waals surface area contributed by atoms with Crippen LogP contribution in [0.15, 0.2) is 194 Å². The van der Waals surface area contributed by atoms with Gasteiger partial charge >= 0.3 is 0 Å². The Hall–Kier alpha value is -7.16. The van der Waals surface area contributed by atoms with E-state index in [4.69, 9.17) is 0 Å². The predicted octanol–water partition coefficient (Wildman–Crippen LogP) is 16.7. The van der Waals surface area contributed by atoms with Crippen molar-refractivity contribution < 1.29 is 0 Å². The van der Waals surface area contributed by atoms with Crippen LogP contribution in [-0.4, -0.2) is 0 Å². The van der Waals surface area contributed by atoms with Crippen LogP contribution in [0.5, 0.6) is 0 Å². The molecule has 3 aliphatic rings. The molecule has 0 unspecified atom stereocenters. The van der Waals surface area contributed by atoms with Crippen molar-refractivity contribution in [1.82, 2.24) is 0 Å². The lowest BCUT2D eigenvalue weighted by molar-refractivity contribution is 0.598. The fraction of sp³-hybridized carbons (Fsp3) is 0.148. The molecule has 2 heterocycles. The van der Waals surface area contributed by atoms with E-state index < -0.39 is 0 Å². The molecule has 304 valence electrons.